The fraction of sp³-hybridized carbons (Fsp3) is 0.240. The summed E-state index contributed by atoms with van der Waals surface area (Å²) >= 11 is 7.74. The molecule has 1 amide bonds. The van der Waals surface area contributed by atoms with Crippen molar-refractivity contribution in [3.8, 4) is 0 Å². The van der Waals surface area contributed by atoms with Crippen LogP contribution in [-0.4, -0.2) is 31.4 Å². The SMILES string of the molecule is CSc1ccc([C@@H](C)NC(=O)CN(Cc2cccc(Cl)c2)S(=O)(=O)c2ccc(C)cc2)cc1. The summed E-state index contributed by atoms with van der Waals surface area (Å²) in [5.74, 6) is -0.380. The zero-order valence-electron chi connectivity index (χ0n) is 18.8. The summed E-state index contributed by atoms with van der Waals surface area (Å²) in [5.41, 5.74) is 2.60. The van der Waals surface area contributed by atoms with Crippen LogP contribution in [0.2, 0.25) is 5.02 Å². The van der Waals surface area contributed by atoms with Crippen molar-refractivity contribution < 1.29 is 13.2 Å². The van der Waals surface area contributed by atoms with Crippen LogP contribution >= 0.6 is 23.4 Å². The van der Waals surface area contributed by atoms with Crippen LogP contribution in [-0.2, 0) is 21.4 Å². The van der Waals surface area contributed by atoms with E-state index in [2.05, 4.69) is 5.32 Å². The van der Waals surface area contributed by atoms with Crippen molar-refractivity contribution in [2.45, 2.75) is 36.2 Å². The molecule has 8 heteroatoms. The number of benzene rings is 3. The van der Waals surface area contributed by atoms with Crippen molar-refractivity contribution in [3.63, 3.8) is 0 Å². The molecule has 33 heavy (non-hydrogen) atoms. The molecule has 0 saturated carbocycles. The van der Waals surface area contributed by atoms with Crippen molar-refractivity contribution in [2.75, 3.05) is 12.8 Å². The molecule has 0 spiro atoms. The molecule has 5 nitrogen and oxygen atoms in total. The number of nitrogens with zero attached hydrogens (tertiary/aromatic N) is 1. The van der Waals surface area contributed by atoms with Gasteiger partial charge in [0.05, 0.1) is 17.5 Å². The van der Waals surface area contributed by atoms with Crippen molar-refractivity contribution >= 4 is 39.3 Å². The molecule has 3 rings (SSSR count). The summed E-state index contributed by atoms with van der Waals surface area (Å²) in [6.45, 7) is 3.49. The van der Waals surface area contributed by atoms with Crippen molar-refractivity contribution in [3.05, 3.63) is 94.5 Å². The average Bonchev–Trinajstić information content (AvgIpc) is 2.79. The number of hydrogen-bond acceptors (Lipinski definition) is 4. The van der Waals surface area contributed by atoms with E-state index in [0.29, 0.717) is 10.6 Å². The third kappa shape index (κ3) is 6.84. The molecule has 0 aliphatic heterocycles. The lowest BCUT2D eigenvalue weighted by Gasteiger charge is -2.23. The first-order chi connectivity index (χ1) is 15.7. The van der Waals surface area contributed by atoms with Gasteiger partial charge in [-0.05, 0) is 67.6 Å². The van der Waals surface area contributed by atoms with Crippen LogP contribution in [0.5, 0.6) is 0 Å². The topological polar surface area (TPSA) is 66.5 Å². The Hall–Kier alpha value is -2.32. The molecule has 0 saturated heterocycles. The van der Waals surface area contributed by atoms with Gasteiger partial charge in [0.1, 0.15) is 0 Å². The Bertz CT molecular complexity index is 1200. The molecule has 0 bridgehead atoms. The van der Waals surface area contributed by atoms with E-state index in [-0.39, 0.29) is 29.9 Å². The van der Waals surface area contributed by atoms with Crippen LogP contribution in [0.3, 0.4) is 0 Å². The highest BCUT2D eigenvalue weighted by molar-refractivity contribution is 7.98. The van der Waals surface area contributed by atoms with Gasteiger partial charge in [-0.1, -0.05) is 53.6 Å². The van der Waals surface area contributed by atoms with Crippen LogP contribution in [0.25, 0.3) is 0 Å². The molecular weight excluding hydrogens is 476 g/mol. The predicted molar refractivity (Wildman–Crippen MR) is 135 cm³/mol. The lowest BCUT2D eigenvalue weighted by molar-refractivity contribution is -0.122. The fourth-order valence-electron chi connectivity index (χ4n) is 3.35. The molecular formula is C25H27ClN2O3S2. The van der Waals surface area contributed by atoms with Gasteiger partial charge in [0.25, 0.3) is 0 Å². The number of aryl methyl sites for hydroxylation is 1. The van der Waals surface area contributed by atoms with E-state index >= 15 is 0 Å². The molecule has 0 aliphatic carbocycles. The van der Waals surface area contributed by atoms with Gasteiger partial charge in [0.15, 0.2) is 0 Å². The number of rotatable bonds is 9. The highest BCUT2D eigenvalue weighted by Crippen LogP contribution is 2.22. The minimum Gasteiger partial charge on any atom is -0.348 e. The number of nitrogens with one attached hydrogen (secondary N) is 1. The van der Waals surface area contributed by atoms with Crippen LogP contribution in [0.1, 0.15) is 29.7 Å². The third-order valence-corrected chi connectivity index (χ3v) is 8.00. The molecule has 0 unspecified atom stereocenters. The van der Waals surface area contributed by atoms with Gasteiger partial charge < -0.3 is 5.32 Å². The molecule has 174 valence electrons. The highest BCUT2D eigenvalue weighted by atomic mass is 35.5. The molecule has 3 aromatic carbocycles. The summed E-state index contributed by atoms with van der Waals surface area (Å²) < 4.78 is 28.0. The molecule has 0 fully saturated rings. The van der Waals surface area contributed by atoms with Crippen molar-refractivity contribution in [1.82, 2.24) is 9.62 Å². The maximum Gasteiger partial charge on any atom is 0.243 e. The molecule has 1 N–H and O–H groups in total. The summed E-state index contributed by atoms with van der Waals surface area (Å²) in [7, 11) is -3.91. The van der Waals surface area contributed by atoms with Gasteiger partial charge in [0.2, 0.25) is 15.9 Å². The van der Waals surface area contributed by atoms with E-state index < -0.39 is 10.0 Å². The Labute approximate surface area is 205 Å². The zero-order valence-corrected chi connectivity index (χ0v) is 21.2. The Balaban J connectivity index is 1.82. The minimum atomic E-state index is -3.91. The first-order valence-electron chi connectivity index (χ1n) is 10.4. The fourth-order valence-corrected chi connectivity index (χ4v) is 5.35. The van der Waals surface area contributed by atoms with Crippen LogP contribution < -0.4 is 5.32 Å². The molecule has 0 radical (unpaired) electrons. The molecule has 1 atom stereocenters. The predicted octanol–water partition coefficient (Wildman–Crippen LogP) is 5.44. The maximum atomic E-state index is 13.4. The zero-order chi connectivity index (χ0) is 24.0. The molecule has 0 heterocycles. The van der Waals surface area contributed by atoms with E-state index in [1.165, 1.54) is 4.31 Å². The van der Waals surface area contributed by atoms with Crippen LogP contribution in [0.15, 0.2) is 82.6 Å². The van der Waals surface area contributed by atoms with Gasteiger partial charge in [-0.3, -0.25) is 4.79 Å². The number of carbonyl (C=O) groups excluding carboxylic acids is 1. The molecule has 0 aromatic heterocycles. The first-order valence-corrected chi connectivity index (χ1v) is 13.5. The average molecular weight is 503 g/mol. The normalized spacial score (nSPS) is 12.5. The Morgan fingerprint density at radius 2 is 1.73 bits per heavy atom. The minimum absolute atomic E-state index is 0.0288. The number of halogens is 1. The molecule has 0 aliphatic rings. The smallest absolute Gasteiger partial charge is 0.243 e. The highest BCUT2D eigenvalue weighted by Gasteiger charge is 2.27. The quantitative estimate of drug-likeness (QED) is 0.396. The van der Waals surface area contributed by atoms with Crippen LogP contribution in [0.4, 0.5) is 0 Å². The summed E-state index contributed by atoms with van der Waals surface area (Å²) in [6.07, 6.45) is 2.00. The van der Waals surface area contributed by atoms with Gasteiger partial charge in [-0.15, -0.1) is 11.8 Å². The first kappa shape index (κ1) is 25.3. The summed E-state index contributed by atoms with van der Waals surface area (Å²) in [6, 6.07) is 21.2. The van der Waals surface area contributed by atoms with E-state index in [9.17, 15) is 13.2 Å². The summed E-state index contributed by atoms with van der Waals surface area (Å²) in [4.78, 5) is 14.2. The monoisotopic (exact) mass is 502 g/mol. The van der Waals surface area contributed by atoms with E-state index in [0.717, 1.165) is 16.0 Å². The summed E-state index contributed by atoms with van der Waals surface area (Å²) in [5, 5.41) is 3.42. The number of carbonyl (C=O) groups is 1. The third-order valence-electron chi connectivity index (χ3n) is 5.22. The second-order valence-electron chi connectivity index (χ2n) is 7.78. The number of sulfonamides is 1. The van der Waals surface area contributed by atoms with Crippen molar-refractivity contribution in [1.29, 1.82) is 0 Å². The van der Waals surface area contributed by atoms with Gasteiger partial charge in [-0.2, -0.15) is 4.31 Å². The lowest BCUT2D eigenvalue weighted by Crippen LogP contribution is -2.41. The van der Waals surface area contributed by atoms with Gasteiger partial charge in [-0.25, -0.2) is 8.42 Å². The van der Waals surface area contributed by atoms with E-state index in [4.69, 9.17) is 11.6 Å². The number of thioether (sulfide) groups is 1. The Morgan fingerprint density at radius 1 is 1.06 bits per heavy atom. The van der Waals surface area contributed by atoms with Crippen LogP contribution in [0, 0.1) is 6.92 Å². The van der Waals surface area contributed by atoms with Gasteiger partial charge in [0, 0.05) is 16.5 Å². The van der Waals surface area contributed by atoms with Crippen molar-refractivity contribution in [2.24, 2.45) is 0 Å². The molecule has 3 aromatic rings. The van der Waals surface area contributed by atoms with E-state index in [1.54, 1.807) is 60.3 Å². The lowest BCUT2D eigenvalue weighted by atomic mass is 10.1. The Kier molecular flexibility index (Phi) is 8.59. The maximum absolute atomic E-state index is 13.4. The number of hydrogen-bond donors (Lipinski definition) is 1. The number of amides is 1. The van der Waals surface area contributed by atoms with E-state index in [1.807, 2.05) is 44.4 Å². The second kappa shape index (κ2) is 11.2. The second-order valence-corrected chi connectivity index (χ2v) is 11.0. The standard InChI is InChI=1S/C25H27ClN2O3S2/c1-18-7-13-24(14-8-18)33(30,31)28(16-20-5-4-6-22(26)15-20)17-25(29)27-19(2)21-9-11-23(32-3)12-10-21/h4-15,19H,16-17H2,1-3H3,(H,27,29)/t19-/m1/s1. The van der Waals surface area contributed by atoms with Gasteiger partial charge >= 0.3 is 0 Å². The largest absolute Gasteiger partial charge is 0.348 e. The Morgan fingerprint density at radius 3 is 2.33 bits per heavy atom.